The third-order valence-electron chi connectivity index (χ3n) is 7.95. The summed E-state index contributed by atoms with van der Waals surface area (Å²) >= 11 is 14.3. The molecule has 0 fully saturated rings. The molecule has 6 rings (SSSR count). The molecular weight excluding hydrogens is 599 g/mol. The van der Waals surface area contributed by atoms with Crippen LogP contribution >= 0.6 is 23.2 Å². The largest absolute Gasteiger partial charge is 0.508 e. The summed E-state index contributed by atoms with van der Waals surface area (Å²) in [6, 6.07) is 29.3. The maximum absolute atomic E-state index is 13.7. The Kier molecular flexibility index (Phi) is 7.59. The van der Waals surface area contributed by atoms with E-state index in [1.165, 1.54) is 0 Å². The van der Waals surface area contributed by atoms with Crippen LogP contribution in [0, 0.1) is 0 Å². The van der Waals surface area contributed by atoms with Crippen LogP contribution in [0.2, 0.25) is 0 Å². The van der Waals surface area contributed by atoms with Crippen LogP contribution in [0.25, 0.3) is 22.3 Å². The number of rotatable bonds is 6. The number of halogens is 2. The highest BCUT2D eigenvalue weighted by Gasteiger charge is 2.36. The molecule has 0 bridgehead atoms. The first-order valence-electron chi connectivity index (χ1n) is 13.8. The van der Waals surface area contributed by atoms with Crippen molar-refractivity contribution in [3.63, 3.8) is 0 Å². The average molecular weight is 628 g/mol. The molecule has 0 saturated heterocycles. The van der Waals surface area contributed by atoms with E-state index >= 15 is 0 Å². The zero-order valence-electron chi connectivity index (χ0n) is 23.0. The monoisotopic (exact) mass is 626 g/mol. The third kappa shape index (κ3) is 5.56. The molecule has 2 aliphatic carbocycles. The molecule has 2 atom stereocenters. The van der Waals surface area contributed by atoms with Gasteiger partial charge < -0.3 is 10.2 Å². The molecule has 0 radical (unpaired) electrons. The lowest BCUT2D eigenvalue weighted by atomic mass is 9.86. The molecule has 2 N–H and O–H groups in total. The smallest absolute Gasteiger partial charge is 0.205 e. The van der Waals surface area contributed by atoms with Crippen LogP contribution in [0.5, 0.6) is 11.5 Å². The van der Waals surface area contributed by atoms with Crippen LogP contribution in [0.15, 0.2) is 143 Å². The van der Waals surface area contributed by atoms with Gasteiger partial charge in [-0.25, -0.2) is 8.42 Å². The van der Waals surface area contributed by atoms with Crippen LogP contribution in [-0.4, -0.2) is 18.6 Å². The second kappa shape index (κ2) is 11.2. The molecule has 4 aromatic carbocycles. The van der Waals surface area contributed by atoms with Crippen molar-refractivity contribution in [2.75, 3.05) is 0 Å². The maximum Gasteiger partial charge on any atom is 0.205 e. The molecule has 7 heteroatoms. The minimum atomic E-state index is -3.81. The van der Waals surface area contributed by atoms with Crippen LogP contribution in [-0.2, 0) is 19.6 Å². The molecule has 0 spiro atoms. The molecule has 0 aromatic heterocycles. The van der Waals surface area contributed by atoms with Crippen molar-refractivity contribution in [2.45, 2.75) is 22.6 Å². The third-order valence-corrected chi connectivity index (χ3v) is 10.8. The fourth-order valence-corrected chi connectivity index (χ4v) is 7.59. The fourth-order valence-electron chi connectivity index (χ4n) is 5.61. The molecule has 0 amide bonds. The SMILES string of the molecule is O=S(=O)(C1=CCC(Cl)(c2ccccc2-c2ccc(O)cc2)C=C1)C1=CCC(Cl)(c2ccccc2-c2ccc(O)cc2)C=C1. The van der Waals surface area contributed by atoms with Gasteiger partial charge in [0.1, 0.15) is 11.5 Å². The Morgan fingerprint density at radius 1 is 0.558 bits per heavy atom. The lowest BCUT2D eigenvalue weighted by Crippen LogP contribution is -2.22. The van der Waals surface area contributed by atoms with Crippen LogP contribution in [0.3, 0.4) is 0 Å². The molecule has 43 heavy (non-hydrogen) atoms. The summed E-state index contributed by atoms with van der Waals surface area (Å²) in [5.41, 5.74) is 5.32. The number of allylic oxidation sites excluding steroid dienone is 6. The lowest BCUT2D eigenvalue weighted by molar-refractivity contribution is 0.475. The zero-order chi connectivity index (χ0) is 30.2. The lowest BCUT2D eigenvalue weighted by Gasteiger charge is -2.30. The number of phenols is 2. The first-order chi connectivity index (χ1) is 20.6. The number of phenolic OH excluding ortho intramolecular Hbond substituents is 2. The van der Waals surface area contributed by atoms with Gasteiger partial charge >= 0.3 is 0 Å². The van der Waals surface area contributed by atoms with Gasteiger partial charge in [0.05, 0.1) is 19.6 Å². The van der Waals surface area contributed by atoms with Crippen molar-refractivity contribution in [3.05, 3.63) is 154 Å². The van der Waals surface area contributed by atoms with Crippen LogP contribution in [0.1, 0.15) is 24.0 Å². The molecular formula is C36H28Cl2O4S. The highest BCUT2D eigenvalue weighted by Crippen LogP contribution is 2.46. The molecule has 0 heterocycles. The summed E-state index contributed by atoms with van der Waals surface area (Å²) in [5.74, 6) is 0.354. The van der Waals surface area contributed by atoms with E-state index in [4.69, 9.17) is 23.2 Å². The van der Waals surface area contributed by atoms with E-state index in [0.717, 1.165) is 33.4 Å². The Labute approximate surface area is 261 Å². The van der Waals surface area contributed by atoms with Crippen molar-refractivity contribution in [3.8, 4) is 33.8 Å². The van der Waals surface area contributed by atoms with Gasteiger partial charge in [-0.3, -0.25) is 0 Å². The van der Waals surface area contributed by atoms with Crippen molar-refractivity contribution < 1.29 is 18.6 Å². The number of hydrogen-bond donors (Lipinski definition) is 2. The highest BCUT2D eigenvalue weighted by molar-refractivity contribution is 7.99. The molecule has 4 aromatic rings. The Balaban J connectivity index is 1.24. The van der Waals surface area contributed by atoms with E-state index in [1.54, 1.807) is 60.7 Å². The van der Waals surface area contributed by atoms with E-state index in [-0.39, 0.29) is 34.2 Å². The van der Waals surface area contributed by atoms with Gasteiger partial charge in [-0.1, -0.05) is 97.1 Å². The topological polar surface area (TPSA) is 74.6 Å². The Hall–Kier alpha value is -4.03. The number of alkyl halides is 2. The molecule has 0 saturated carbocycles. The highest BCUT2D eigenvalue weighted by atomic mass is 35.5. The summed E-state index contributed by atoms with van der Waals surface area (Å²) < 4.78 is 27.4. The first-order valence-corrected chi connectivity index (χ1v) is 16.0. The van der Waals surface area contributed by atoms with E-state index in [1.807, 2.05) is 72.8 Å². The number of sulfone groups is 1. The van der Waals surface area contributed by atoms with Gasteiger partial charge in [-0.15, -0.1) is 23.2 Å². The standard InChI is InChI=1S/C36H28Cl2O4S/c37-35(33-7-3-1-5-31(33)25-9-13-27(39)14-10-25)21-17-29(18-22-35)43(41,42)30-19-23-36(38,24-20-30)34-8-4-2-6-32(34)26-11-15-28(40)16-12-26/h1-21,23,39-40H,22,24H2. The van der Waals surface area contributed by atoms with Crippen molar-refractivity contribution in [2.24, 2.45) is 0 Å². The zero-order valence-corrected chi connectivity index (χ0v) is 25.3. The van der Waals surface area contributed by atoms with Gasteiger partial charge in [-0.05, 0) is 82.6 Å². The van der Waals surface area contributed by atoms with Gasteiger partial charge in [-0.2, -0.15) is 0 Å². The Bertz CT molecular complexity index is 1790. The van der Waals surface area contributed by atoms with Gasteiger partial charge in [0.25, 0.3) is 0 Å². The summed E-state index contributed by atoms with van der Waals surface area (Å²) in [6.07, 6.45) is 10.6. The Morgan fingerprint density at radius 2 is 0.930 bits per heavy atom. The minimum Gasteiger partial charge on any atom is -0.508 e. The van der Waals surface area contributed by atoms with Crippen molar-refractivity contribution >= 4 is 33.0 Å². The normalized spacial score (nSPS) is 21.7. The molecule has 2 aliphatic rings. The number of aromatic hydroxyl groups is 2. The second-order valence-corrected chi connectivity index (χ2v) is 14.0. The van der Waals surface area contributed by atoms with E-state index in [0.29, 0.717) is 0 Å². The fraction of sp³-hybridized carbons (Fsp3) is 0.111. The molecule has 4 nitrogen and oxygen atoms in total. The van der Waals surface area contributed by atoms with E-state index in [9.17, 15) is 18.6 Å². The quantitative estimate of drug-likeness (QED) is 0.209. The summed E-state index contributed by atoms with van der Waals surface area (Å²) in [5, 5.41) is 19.4. The summed E-state index contributed by atoms with van der Waals surface area (Å²) in [7, 11) is -3.81. The van der Waals surface area contributed by atoms with Crippen molar-refractivity contribution in [1.82, 2.24) is 0 Å². The molecule has 2 unspecified atom stereocenters. The number of benzene rings is 4. The summed E-state index contributed by atoms with van der Waals surface area (Å²) in [6.45, 7) is 0. The minimum absolute atomic E-state index is 0.177. The predicted octanol–water partition coefficient (Wildman–Crippen LogP) is 9.10. The predicted molar refractivity (Wildman–Crippen MR) is 175 cm³/mol. The van der Waals surface area contributed by atoms with Gasteiger partial charge in [0, 0.05) is 0 Å². The average Bonchev–Trinajstić information content (AvgIpc) is 3.02. The van der Waals surface area contributed by atoms with E-state index in [2.05, 4.69) is 0 Å². The van der Waals surface area contributed by atoms with Gasteiger partial charge in [0.2, 0.25) is 9.84 Å². The Morgan fingerprint density at radius 3 is 1.28 bits per heavy atom. The number of hydrogen-bond acceptors (Lipinski definition) is 4. The van der Waals surface area contributed by atoms with Crippen molar-refractivity contribution in [1.29, 1.82) is 0 Å². The molecule has 216 valence electrons. The second-order valence-electron chi connectivity index (χ2n) is 10.7. The summed E-state index contributed by atoms with van der Waals surface area (Å²) in [4.78, 5) is -1.50. The van der Waals surface area contributed by atoms with Gasteiger partial charge in [0.15, 0.2) is 0 Å². The van der Waals surface area contributed by atoms with Crippen LogP contribution < -0.4 is 0 Å². The van der Waals surface area contributed by atoms with E-state index < -0.39 is 19.6 Å². The molecule has 0 aliphatic heterocycles. The first kappa shape index (κ1) is 29.1. The van der Waals surface area contributed by atoms with Crippen LogP contribution in [0.4, 0.5) is 0 Å². The maximum atomic E-state index is 13.7.